The molecule has 3 aromatic carbocycles. The highest BCUT2D eigenvalue weighted by atomic mass is 32.2. The molecule has 5 rings (SSSR count). The van der Waals surface area contributed by atoms with E-state index in [1.165, 1.54) is 10.6 Å². The van der Waals surface area contributed by atoms with Gasteiger partial charge in [0.2, 0.25) is 22.7 Å². The molecule has 182 valence electrons. The van der Waals surface area contributed by atoms with Gasteiger partial charge in [-0.05, 0) is 71.8 Å². The molecule has 7 nitrogen and oxygen atoms in total. The number of ether oxygens (including phenoxy) is 2. The van der Waals surface area contributed by atoms with Crippen molar-refractivity contribution in [2.75, 3.05) is 25.4 Å². The molecule has 1 aliphatic carbocycles. The molecule has 1 fully saturated rings. The fourth-order valence-corrected chi connectivity index (χ4v) is 4.78. The predicted molar refractivity (Wildman–Crippen MR) is 135 cm³/mol. The summed E-state index contributed by atoms with van der Waals surface area (Å²) >= 11 is 0. The van der Waals surface area contributed by atoms with Gasteiger partial charge in [0.1, 0.15) is 0 Å². The summed E-state index contributed by atoms with van der Waals surface area (Å²) in [6, 6.07) is 19.5. The second-order valence-corrected chi connectivity index (χ2v) is 11.4. The lowest BCUT2D eigenvalue weighted by molar-refractivity contribution is -0.118. The van der Waals surface area contributed by atoms with Crippen molar-refractivity contribution in [3.05, 3.63) is 77.4 Å². The molecule has 0 radical (unpaired) electrons. The van der Waals surface area contributed by atoms with Crippen LogP contribution >= 0.6 is 0 Å². The number of hydrogen-bond donors (Lipinski definition) is 1. The topological polar surface area (TPSA) is 84.9 Å². The number of amides is 1. The molecule has 0 unspecified atom stereocenters. The van der Waals surface area contributed by atoms with Gasteiger partial charge in [0.25, 0.3) is 0 Å². The number of rotatable bonds is 7. The molecule has 0 saturated heterocycles. The van der Waals surface area contributed by atoms with E-state index in [0.29, 0.717) is 18.0 Å². The minimum absolute atomic E-state index is 0.0228. The molecule has 1 heterocycles. The number of carbonyl (C=O) groups excluding carboxylic acids is 1. The zero-order valence-electron chi connectivity index (χ0n) is 20.0. The molecule has 0 spiro atoms. The Labute approximate surface area is 205 Å². The van der Waals surface area contributed by atoms with Crippen LogP contribution in [0.3, 0.4) is 0 Å². The Morgan fingerprint density at radius 3 is 2.40 bits per heavy atom. The molecule has 1 N–H and O–H groups in total. The molecule has 3 aromatic rings. The van der Waals surface area contributed by atoms with E-state index >= 15 is 0 Å². The molecule has 1 aliphatic heterocycles. The van der Waals surface area contributed by atoms with Crippen molar-refractivity contribution in [2.24, 2.45) is 0 Å². The zero-order chi connectivity index (χ0) is 24.8. The molecular weight excluding hydrogens is 464 g/mol. The normalized spacial score (nSPS) is 15.8. The van der Waals surface area contributed by atoms with Gasteiger partial charge in [0, 0.05) is 19.3 Å². The van der Waals surface area contributed by atoms with Crippen LogP contribution in [0.1, 0.15) is 29.5 Å². The number of fused-ring (bicyclic) bond motifs is 1. The van der Waals surface area contributed by atoms with Gasteiger partial charge in [0.05, 0.1) is 11.7 Å². The quantitative estimate of drug-likeness (QED) is 0.527. The summed E-state index contributed by atoms with van der Waals surface area (Å²) in [6.07, 6.45) is 2.78. The van der Waals surface area contributed by atoms with Crippen LogP contribution in [0.15, 0.2) is 60.7 Å². The van der Waals surface area contributed by atoms with Crippen LogP contribution in [0.2, 0.25) is 0 Å². The molecule has 0 atom stereocenters. The number of hydrogen-bond acceptors (Lipinski definition) is 5. The number of aryl methyl sites for hydroxylation is 1. The first kappa shape index (κ1) is 23.4. The van der Waals surface area contributed by atoms with Gasteiger partial charge in [-0.25, -0.2) is 12.7 Å². The Kier molecular flexibility index (Phi) is 5.81. The summed E-state index contributed by atoms with van der Waals surface area (Å²) in [6.45, 7) is 2.55. The van der Waals surface area contributed by atoms with Gasteiger partial charge in [-0.2, -0.15) is 0 Å². The average Bonchev–Trinajstić information content (AvgIpc) is 3.51. The van der Waals surface area contributed by atoms with E-state index in [1.807, 2.05) is 67.6 Å². The third kappa shape index (κ3) is 4.63. The maximum Gasteiger partial charge on any atom is 0.235 e. The molecule has 0 bridgehead atoms. The standard InChI is InChI=1S/C27H28N2O5S/c1-18-4-10-22(15-23(18)20-7-5-19(6-8-20)16-29(2)35(3,31)32)28-26(30)27(12-13-27)21-9-11-24-25(14-21)34-17-33-24/h4-11,14-15H,12-13,16-17H2,1-3H3,(H,28,30). The minimum atomic E-state index is -3.24. The van der Waals surface area contributed by atoms with Crippen LogP contribution in [0, 0.1) is 6.92 Å². The van der Waals surface area contributed by atoms with Crippen LogP contribution in [0.4, 0.5) is 5.69 Å². The number of sulfonamides is 1. The van der Waals surface area contributed by atoms with Crippen LogP contribution in [0.5, 0.6) is 11.5 Å². The van der Waals surface area contributed by atoms with Gasteiger partial charge in [0.15, 0.2) is 11.5 Å². The minimum Gasteiger partial charge on any atom is -0.454 e. The largest absolute Gasteiger partial charge is 0.454 e. The summed E-state index contributed by atoms with van der Waals surface area (Å²) in [5.41, 5.74) is 5.15. The van der Waals surface area contributed by atoms with E-state index < -0.39 is 15.4 Å². The number of nitrogens with zero attached hydrogens (tertiary/aromatic N) is 1. The Hall–Kier alpha value is -3.36. The molecule has 0 aromatic heterocycles. The third-order valence-corrected chi connectivity index (χ3v) is 8.10. The SMILES string of the molecule is Cc1ccc(NC(=O)C2(c3ccc4c(c3)OCO4)CC2)cc1-c1ccc(CN(C)S(C)(=O)=O)cc1. The summed E-state index contributed by atoms with van der Waals surface area (Å²) in [5.74, 6) is 1.37. The lowest BCUT2D eigenvalue weighted by atomic mass is 9.94. The molecular formula is C27H28N2O5S. The molecule has 2 aliphatic rings. The van der Waals surface area contributed by atoms with Gasteiger partial charge in [-0.15, -0.1) is 0 Å². The number of nitrogens with one attached hydrogen (secondary N) is 1. The summed E-state index contributed by atoms with van der Waals surface area (Å²) in [7, 11) is -1.67. The Balaban J connectivity index is 1.34. The van der Waals surface area contributed by atoms with Gasteiger partial charge < -0.3 is 14.8 Å². The zero-order valence-corrected chi connectivity index (χ0v) is 20.8. The summed E-state index contributed by atoms with van der Waals surface area (Å²) in [5, 5.41) is 3.12. The Bertz CT molecular complexity index is 1400. The van der Waals surface area contributed by atoms with Gasteiger partial charge >= 0.3 is 0 Å². The molecule has 1 saturated carbocycles. The van der Waals surface area contributed by atoms with Crippen molar-refractivity contribution in [1.82, 2.24) is 4.31 Å². The van der Waals surface area contributed by atoms with E-state index in [0.717, 1.165) is 46.3 Å². The van der Waals surface area contributed by atoms with E-state index in [4.69, 9.17) is 9.47 Å². The first-order valence-electron chi connectivity index (χ1n) is 11.5. The number of carbonyl (C=O) groups is 1. The summed E-state index contributed by atoms with van der Waals surface area (Å²) in [4.78, 5) is 13.3. The number of anilines is 1. The van der Waals surface area contributed by atoms with E-state index in [-0.39, 0.29) is 12.7 Å². The highest BCUT2D eigenvalue weighted by molar-refractivity contribution is 7.88. The lowest BCUT2D eigenvalue weighted by Gasteiger charge is -2.18. The second-order valence-electron chi connectivity index (χ2n) is 9.35. The van der Waals surface area contributed by atoms with Crippen molar-refractivity contribution < 1.29 is 22.7 Å². The van der Waals surface area contributed by atoms with Crippen LogP contribution in [-0.2, 0) is 26.8 Å². The van der Waals surface area contributed by atoms with E-state index in [2.05, 4.69) is 5.32 Å². The fraction of sp³-hybridized carbons (Fsp3) is 0.296. The van der Waals surface area contributed by atoms with Gasteiger partial charge in [-0.3, -0.25) is 4.79 Å². The first-order valence-corrected chi connectivity index (χ1v) is 13.3. The first-order chi connectivity index (χ1) is 16.7. The maximum atomic E-state index is 13.3. The van der Waals surface area contributed by atoms with E-state index in [1.54, 1.807) is 7.05 Å². The summed E-state index contributed by atoms with van der Waals surface area (Å²) < 4.78 is 35.6. The van der Waals surface area contributed by atoms with Crippen molar-refractivity contribution in [1.29, 1.82) is 0 Å². The van der Waals surface area contributed by atoms with Crippen LogP contribution in [0.25, 0.3) is 11.1 Å². The highest BCUT2D eigenvalue weighted by Crippen LogP contribution is 2.51. The van der Waals surface area contributed by atoms with Crippen LogP contribution in [-0.4, -0.2) is 38.7 Å². The average molecular weight is 493 g/mol. The molecule has 35 heavy (non-hydrogen) atoms. The highest BCUT2D eigenvalue weighted by Gasteiger charge is 2.51. The van der Waals surface area contributed by atoms with Crippen molar-refractivity contribution in [2.45, 2.75) is 31.7 Å². The Morgan fingerprint density at radius 1 is 1.00 bits per heavy atom. The lowest BCUT2D eigenvalue weighted by Crippen LogP contribution is -2.27. The molecule has 1 amide bonds. The smallest absolute Gasteiger partial charge is 0.235 e. The van der Waals surface area contributed by atoms with E-state index in [9.17, 15) is 13.2 Å². The predicted octanol–water partition coefficient (Wildman–Crippen LogP) is 4.45. The van der Waals surface area contributed by atoms with Crippen molar-refractivity contribution in [3.8, 4) is 22.6 Å². The van der Waals surface area contributed by atoms with Crippen LogP contribution < -0.4 is 14.8 Å². The Morgan fingerprint density at radius 2 is 1.71 bits per heavy atom. The fourth-order valence-electron chi connectivity index (χ4n) is 4.39. The van der Waals surface area contributed by atoms with Gasteiger partial charge in [-0.1, -0.05) is 36.4 Å². The van der Waals surface area contributed by atoms with Crippen molar-refractivity contribution in [3.63, 3.8) is 0 Å². The molecule has 8 heteroatoms. The second kappa shape index (κ2) is 8.70. The van der Waals surface area contributed by atoms with Crippen molar-refractivity contribution >= 4 is 21.6 Å². The maximum absolute atomic E-state index is 13.3. The monoisotopic (exact) mass is 492 g/mol. The number of benzene rings is 3. The third-order valence-electron chi connectivity index (χ3n) is 6.84.